The highest BCUT2D eigenvalue weighted by Gasteiger charge is 2.10. The summed E-state index contributed by atoms with van der Waals surface area (Å²) in [4.78, 5) is 22.4. The Labute approximate surface area is 198 Å². The SMILES string of the molecule is CCCCCCCCOC(CSCCCCCCCC)Cn1ccnc1.O=C(O)C(=O)O. The van der Waals surface area contributed by atoms with E-state index >= 15 is 0 Å². The Morgan fingerprint density at radius 3 is 2.00 bits per heavy atom. The number of carbonyl (C=O) groups is 2. The van der Waals surface area contributed by atoms with Crippen LogP contribution < -0.4 is 0 Å². The molecule has 1 atom stereocenters. The number of nitrogens with zero attached hydrogens (tertiary/aromatic N) is 2. The number of unbranched alkanes of at least 4 members (excludes halogenated alkanes) is 10. The molecule has 0 aliphatic carbocycles. The van der Waals surface area contributed by atoms with Crippen molar-refractivity contribution in [1.29, 1.82) is 0 Å². The molecule has 0 bridgehead atoms. The van der Waals surface area contributed by atoms with Gasteiger partial charge in [-0.25, -0.2) is 14.6 Å². The van der Waals surface area contributed by atoms with E-state index in [9.17, 15) is 0 Å². The van der Waals surface area contributed by atoms with Crippen molar-refractivity contribution in [3.63, 3.8) is 0 Å². The third-order valence-corrected chi connectivity index (χ3v) is 6.14. The van der Waals surface area contributed by atoms with Crippen molar-refractivity contribution in [2.45, 2.75) is 104 Å². The Hall–Kier alpha value is -1.54. The molecule has 2 N–H and O–H groups in total. The monoisotopic (exact) mass is 472 g/mol. The summed E-state index contributed by atoms with van der Waals surface area (Å²) >= 11 is 2.06. The summed E-state index contributed by atoms with van der Waals surface area (Å²) in [5.41, 5.74) is 0. The van der Waals surface area contributed by atoms with Gasteiger partial charge in [0.1, 0.15) is 0 Å². The van der Waals surface area contributed by atoms with Crippen LogP contribution >= 0.6 is 11.8 Å². The largest absolute Gasteiger partial charge is 0.473 e. The van der Waals surface area contributed by atoms with Gasteiger partial charge in [-0.05, 0) is 18.6 Å². The van der Waals surface area contributed by atoms with E-state index in [0.717, 1.165) is 18.9 Å². The van der Waals surface area contributed by atoms with Gasteiger partial charge in [0.25, 0.3) is 0 Å². The molecule has 0 aromatic carbocycles. The summed E-state index contributed by atoms with van der Waals surface area (Å²) in [6, 6.07) is 0. The fourth-order valence-electron chi connectivity index (χ4n) is 3.12. The molecule has 0 saturated carbocycles. The molecule has 7 nitrogen and oxygen atoms in total. The summed E-state index contributed by atoms with van der Waals surface area (Å²) in [5.74, 6) is -1.28. The summed E-state index contributed by atoms with van der Waals surface area (Å²) < 4.78 is 8.36. The minimum atomic E-state index is -1.82. The number of carboxylic acid groups (broad SMARTS) is 2. The molecule has 0 saturated heterocycles. The van der Waals surface area contributed by atoms with E-state index in [1.54, 1.807) is 0 Å². The van der Waals surface area contributed by atoms with E-state index in [-0.39, 0.29) is 0 Å². The summed E-state index contributed by atoms with van der Waals surface area (Å²) in [6.45, 7) is 6.39. The zero-order chi connectivity index (χ0) is 23.9. The molecule has 8 heteroatoms. The highest BCUT2D eigenvalue weighted by Crippen LogP contribution is 2.14. The van der Waals surface area contributed by atoms with Gasteiger partial charge in [0.05, 0.1) is 19.0 Å². The average molecular weight is 473 g/mol. The zero-order valence-corrected chi connectivity index (χ0v) is 20.9. The lowest BCUT2D eigenvalue weighted by atomic mass is 10.1. The number of aliphatic carboxylic acids is 2. The highest BCUT2D eigenvalue weighted by atomic mass is 32.2. The van der Waals surface area contributed by atoms with Crippen LogP contribution in [0.25, 0.3) is 0 Å². The van der Waals surface area contributed by atoms with Gasteiger partial charge in [-0.2, -0.15) is 11.8 Å². The molecule has 186 valence electrons. The molecule has 1 unspecified atom stereocenters. The standard InChI is InChI=1S/C22H42N2OS.C2H2O4/c1-3-5-7-9-11-13-17-25-22(19-24-16-15-23-21-24)20-26-18-14-12-10-8-6-4-2;3-1(4)2(5)6/h15-16,21-22H,3-14,17-20H2,1-2H3;(H,3,4)(H,5,6). The molecule has 1 aromatic rings. The van der Waals surface area contributed by atoms with Crippen molar-refractivity contribution < 1.29 is 24.5 Å². The van der Waals surface area contributed by atoms with Gasteiger partial charge in [-0.15, -0.1) is 0 Å². The maximum Gasteiger partial charge on any atom is 0.414 e. The fraction of sp³-hybridized carbons (Fsp3) is 0.792. The Balaban J connectivity index is 0.00000140. The lowest BCUT2D eigenvalue weighted by Gasteiger charge is -2.18. The second kappa shape index (κ2) is 22.6. The normalized spacial score (nSPS) is 11.6. The average Bonchev–Trinajstić information content (AvgIpc) is 3.28. The van der Waals surface area contributed by atoms with Crippen molar-refractivity contribution in [1.82, 2.24) is 9.55 Å². The molecular weight excluding hydrogens is 428 g/mol. The van der Waals surface area contributed by atoms with Crippen molar-refractivity contribution >= 4 is 23.7 Å². The predicted molar refractivity (Wildman–Crippen MR) is 131 cm³/mol. The Morgan fingerprint density at radius 2 is 1.47 bits per heavy atom. The van der Waals surface area contributed by atoms with Crippen LogP contribution in [0.2, 0.25) is 0 Å². The highest BCUT2D eigenvalue weighted by molar-refractivity contribution is 7.99. The molecule has 0 spiro atoms. The molecule has 0 amide bonds. The molecule has 1 heterocycles. The quantitative estimate of drug-likeness (QED) is 0.191. The summed E-state index contributed by atoms with van der Waals surface area (Å²) in [7, 11) is 0. The zero-order valence-electron chi connectivity index (χ0n) is 20.0. The first kappa shape index (κ1) is 30.5. The first-order valence-corrected chi connectivity index (χ1v) is 13.3. The molecule has 1 rings (SSSR count). The second-order valence-corrected chi connectivity index (χ2v) is 9.12. The van der Waals surface area contributed by atoms with Crippen molar-refractivity contribution in [3.05, 3.63) is 18.7 Å². The molecule has 1 aromatic heterocycles. The Bertz CT molecular complexity index is 543. The summed E-state index contributed by atoms with van der Waals surface area (Å²) in [6.07, 6.45) is 22.3. The van der Waals surface area contributed by atoms with E-state index in [2.05, 4.69) is 35.2 Å². The summed E-state index contributed by atoms with van der Waals surface area (Å²) in [5, 5.41) is 14.8. The van der Waals surface area contributed by atoms with Gasteiger partial charge in [0, 0.05) is 24.8 Å². The fourth-order valence-corrected chi connectivity index (χ4v) is 4.15. The van der Waals surface area contributed by atoms with Crippen molar-refractivity contribution in [2.24, 2.45) is 0 Å². The predicted octanol–water partition coefficient (Wildman–Crippen LogP) is 5.88. The van der Waals surface area contributed by atoms with Gasteiger partial charge in [-0.1, -0.05) is 78.1 Å². The minimum Gasteiger partial charge on any atom is -0.473 e. The van der Waals surface area contributed by atoms with Crippen LogP contribution in [0, 0.1) is 0 Å². The van der Waals surface area contributed by atoms with Gasteiger partial charge in [0.15, 0.2) is 0 Å². The van der Waals surface area contributed by atoms with Crippen LogP contribution in [0.4, 0.5) is 0 Å². The first-order valence-electron chi connectivity index (χ1n) is 12.1. The molecule has 0 aliphatic heterocycles. The number of hydrogen-bond acceptors (Lipinski definition) is 5. The van der Waals surface area contributed by atoms with Crippen molar-refractivity contribution in [2.75, 3.05) is 18.1 Å². The van der Waals surface area contributed by atoms with Crippen LogP contribution in [0.3, 0.4) is 0 Å². The van der Waals surface area contributed by atoms with E-state index < -0.39 is 11.9 Å². The van der Waals surface area contributed by atoms with E-state index in [0.29, 0.717) is 6.10 Å². The van der Waals surface area contributed by atoms with E-state index in [1.165, 1.54) is 82.8 Å². The van der Waals surface area contributed by atoms with Gasteiger partial charge >= 0.3 is 11.9 Å². The Morgan fingerprint density at radius 1 is 0.906 bits per heavy atom. The van der Waals surface area contributed by atoms with Gasteiger partial charge < -0.3 is 19.5 Å². The number of hydrogen-bond donors (Lipinski definition) is 2. The maximum atomic E-state index is 9.10. The number of carboxylic acids is 2. The maximum absolute atomic E-state index is 9.10. The third kappa shape index (κ3) is 20.4. The number of imidazole rings is 1. The molecular formula is C24H44N2O5S. The number of rotatable bonds is 19. The van der Waals surface area contributed by atoms with Crippen LogP contribution in [-0.4, -0.2) is 55.9 Å². The topological polar surface area (TPSA) is 102 Å². The van der Waals surface area contributed by atoms with Crippen LogP contribution in [0.1, 0.15) is 90.9 Å². The molecule has 32 heavy (non-hydrogen) atoms. The van der Waals surface area contributed by atoms with Crippen molar-refractivity contribution in [3.8, 4) is 0 Å². The molecule has 0 radical (unpaired) electrons. The van der Waals surface area contributed by atoms with Crippen LogP contribution in [0.5, 0.6) is 0 Å². The third-order valence-electron chi connectivity index (χ3n) is 4.95. The number of ether oxygens (including phenoxy) is 1. The first-order chi connectivity index (χ1) is 15.5. The lowest BCUT2D eigenvalue weighted by Crippen LogP contribution is -2.23. The van der Waals surface area contributed by atoms with E-state index in [1.807, 2.05) is 18.7 Å². The van der Waals surface area contributed by atoms with E-state index in [4.69, 9.17) is 24.5 Å². The molecule has 0 fully saturated rings. The Kier molecular flexibility index (Phi) is 21.6. The molecule has 0 aliphatic rings. The second-order valence-electron chi connectivity index (χ2n) is 7.97. The van der Waals surface area contributed by atoms with Gasteiger partial charge in [-0.3, -0.25) is 0 Å². The number of thioether (sulfide) groups is 1. The smallest absolute Gasteiger partial charge is 0.414 e. The number of aromatic nitrogens is 2. The van der Waals surface area contributed by atoms with Gasteiger partial charge in [0.2, 0.25) is 0 Å². The minimum absolute atomic E-state index is 0.310. The van der Waals surface area contributed by atoms with Crippen LogP contribution in [0.15, 0.2) is 18.7 Å². The lowest BCUT2D eigenvalue weighted by molar-refractivity contribution is -0.159. The van der Waals surface area contributed by atoms with Crippen LogP contribution in [-0.2, 0) is 20.9 Å².